The molecule has 2 aliphatic heterocycles. The fraction of sp³-hybridized carbons (Fsp3) is 0.292. The van der Waals surface area contributed by atoms with E-state index in [4.69, 9.17) is 0 Å². The summed E-state index contributed by atoms with van der Waals surface area (Å²) >= 11 is 0. The summed E-state index contributed by atoms with van der Waals surface area (Å²) in [7, 11) is -3.66. The summed E-state index contributed by atoms with van der Waals surface area (Å²) in [5.74, 6) is -2.74. The quantitative estimate of drug-likeness (QED) is 0.532. The minimum atomic E-state index is -3.66. The summed E-state index contributed by atoms with van der Waals surface area (Å²) in [5.41, 5.74) is 0.456. The fourth-order valence-electron chi connectivity index (χ4n) is 4.21. The van der Waals surface area contributed by atoms with Gasteiger partial charge in [-0.1, -0.05) is 24.3 Å². The van der Waals surface area contributed by atoms with Crippen LogP contribution in [0.2, 0.25) is 0 Å². The second-order valence-electron chi connectivity index (χ2n) is 8.41. The Labute approximate surface area is 207 Å². The number of nitrogens with zero attached hydrogens (tertiary/aromatic N) is 3. The van der Waals surface area contributed by atoms with Crippen molar-refractivity contribution in [1.29, 1.82) is 0 Å². The van der Waals surface area contributed by atoms with Crippen LogP contribution >= 0.6 is 0 Å². The van der Waals surface area contributed by atoms with E-state index in [9.17, 15) is 32.4 Å². The summed E-state index contributed by atoms with van der Waals surface area (Å²) in [6, 6.07) is 12.1. The van der Waals surface area contributed by atoms with Crippen molar-refractivity contribution in [2.24, 2.45) is 0 Å². The molecule has 11 nitrogen and oxygen atoms in total. The zero-order valence-corrected chi connectivity index (χ0v) is 20.3. The molecule has 0 bridgehead atoms. The normalized spacial score (nSPS) is 15.3. The number of nitrogens with one attached hydrogen (secondary N) is 1. The number of amides is 5. The Kier molecular flexibility index (Phi) is 6.88. The SMILES string of the molecule is CS(=O)(=O)c1ccccc1C(=O)N1CCCN1C(=O)CCNC(=O)CN1C(=O)c2ccccc2C1=O. The first-order chi connectivity index (χ1) is 17.1. The number of benzene rings is 2. The molecule has 36 heavy (non-hydrogen) atoms. The van der Waals surface area contributed by atoms with Crippen molar-refractivity contribution in [3.05, 3.63) is 65.2 Å². The fourth-order valence-corrected chi connectivity index (χ4v) is 5.09. The number of sulfone groups is 1. The van der Waals surface area contributed by atoms with E-state index in [-0.39, 0.29) is 47.6 Å². The van der Waals surface area contributed by atoms with Gasteiger partial charge in [0.05, 0.1) is 21.6 Å². The Morgan fingerprint density at radius 2 is 1.47 bits per heavy atom. The molecule has 1 saturated heterocycles. The second-order valence-corrected chi connectivity index (χ2v) is 10.4. The first kappa shape index (κ1) is 25.0. The van der Waals surface area contributed by atoms with Crippen molar-refractivity contribution < 1.29 is 32.4 Å². The first-order valence-corrected chi connectivity index (χ1v) is 13.1. The van der Waals surface area contributed by atoms with Crippen molar-refractivity contribution in [2.45, 2.75) is 17.7 Å². The Balaban J connectivity index is 1.33. The Morgan fingerprint density at radius 3 is 2.11 bits per heavy atom. The van der Waals surface area contributed by atoms with Crippen LogP contribution in [-0.4, -0.2) is 85.3 Å². The van der Waals surface area contributed by atoms with Crippen molar-refractivity contribution in [3.63, 3.8) is 0 Å². The number of hydrogen-bond donors (Lipinski definition) is 1. The maximum absolute atomic E-state index is 13.1. The van der Waals surface area contributed by atoms with Crippen molar-refractivity contribution in [3.8, 4) is 0 Å². The molecule has 0 radical (unpaired) electrons. The van der Waals surface area contributed by atoms with Gasteiger partial charge in [-0.2, -0.15) is 0 Å². The monoisotopic (exact) mass is 512 g/mol. The van der Waals surface area contributed by atoms with Crippen LogP contribution in [0.4, 0.5) is 0 Å². The molecule has 188 valence electrons. The van der Waals surface area contributed by atoms with Crippen LogP contribution in [0.25, 0.3) is 0 Å². The van der Waals surface area contributed by atoms with Gasteiger partial charge in [-0.05, 0) is 30.7 Å². The summed E-state index contributed by atoms with van der Waals surface area (Å²) in [5, 5.41) is 4.98. The van der Waals surface area contributed by atoms with E-state index in [2.05, 4.69) is 5.32 Å². The molecule has 4 rings (SSSR count). The predicted octanol–water partition coefficient (Wildman–Crippen LogP) is 0.482. The van der Waals surface area contributed by atoms with Gasteiger partial charge < -0.3 is 5.32 Å². The van der Waals surface area contributed by atoms with Gasteiger partial charge >= 0.3 is 0 Å². The zero-order chi connectivity index (χ0) is 26.0. The van der Waals surface area contributed by atoms with Crippen LogP contribution in [0, 0.1) is 0 Å². The highest BCUT2D eigenvalue weighted by Crippen LogP contribution is 2.23. The standard InChI is InChI=1S/C24H24N4O7S/c1-36(34,35)19-10-5-4-9-18(19)24(33)28-14-6-13-27(28)21(30)11-12-25-20(29)15-26-22(31)16-7-2-3-8-17(16)23(26)32/h2-5,7-10H,6,11-15H2,1H3,(H,25,29). The van der Waals surface area contributed by atoms with Crippen molar-refractivity contribution in [2.75, 3.05) is 32.4 Å². The zero-order valence-electron chi connectivity index (χ0n) is 19.5. The molecule has 5 amide bonds. The molecule has 1 fully saturated rings. The molecule has 2 aliphatic rings. The minimum Gasteiger partial charge on any atom is -0.354 e. The third-order valence-corrected chi connectivity index (χ3v) is 7.07. The molecule has 0 unspecified atom stereocenters. The average molecular weight is 513 g/mol. The third kappa shape index (κ3) is 4.85. The van der Waals surface area contributed by atoms with Crippen LogP contribution in [0.3, 0.4) is 0 Å². The van der Waals surface area contributed by atoms with Crippen molar-refractivity contribution >= 4 is 39.4 Å². The van der Waals surface area contributed by atoms with Gasteiger partial charge in [-0.25, -0.2) is 13.4 Å². The van der Waals surface area contributed by atoms with Crippen molar-refractivity contribution in [1.82, 2.24) is 20.2 Å². The summed E-state index contributed by atoms with van der Waals surface area (Å²) in [6.45, 7) is -0.0280. The van der Waals surface area contributed by atoms with Gasteiger partial charge in [0.25, 0.3) is 17.7 Å². The van der Waals surface area contributed by atoms with Crippen LogP contribution < -0.4 is 5.32 Å². The molecule has 1 N–H and O–H groups in total. The van der Waals surface area contributed by atoms with E-state index in [1.54, 1.807) is 18.2 Å². The van der Waals surface area contributed by atoms with Crippen LogP contribution in [0.1, 0.15) is 43.9 Å². The summed E-state index contributed by atoms with van der Waals surface area (Å²) < 4.78 is 24.2. The van der Waals surface area contributed by atoms with Crippen LogP contribution in [0.15, 0.2) is 53.4 Å². The lowest BCUT2D eigenvalue weighted by atomic mass is 10.1. The number of hydrogen-bond acceptors (Lipinski definition) is 7. The lowest BCUT2D eigenvalue weighted by molar-refractivity contribution is -0.140. The van der Waals surface area contributed by atoms with E-state index >= 15 is 0 Å². The van der Waals surface area contributed by atoms with E-state index in [0.717, 1.165) is 11.2 Å². The van der Waals surface area contributed by atoms with Gasteiger partial charge in [0.2, 0.25) is 11.8 Å². The summed E-state index contributed by atoms with van der Waals surface area (Å²) in [4.78, 5) is 63.7. The number of hydrazine groups is 1. The van der Waals surface area contributed by atoms with Gasteiger partial charge in [-0.15, -0.1) is 0 Å². The molecule has 0 aromatic heterocycles. The number of carbonyl (C=O) groups is 5. The molecule has 0 spiro atoms. The highest BCUT2D eigenvalue weighted by Gasteiger charge is 2.36. The summed E-state index contributed by atoms with van der Waals surface area (Å²) in [6.07, 6.45) is 1.40. The van der Waals surface area contributed by atoms with Crippen LogP contribution in [-0.2, 0) is 19.4 Å². The van der Waals surface area contributed by atoms with E-state index < -0.39 is 45.9 Å². The Morgan fingerprint density at radius 1 is 0.889 bits per heavy atom. The Hall–Kier alpha value is -4.06. The smallest absolute Gasteiger partial charge is 0.273 e. The minimum absolute atomic E-state index is 0.0195. The number of imide groups is 1. The van der Waals surface area contributed by atoms with E-state index in [1.165, 1.54) is 40.3 Å². The lowest BCUT2D eigenvalue weighted by Crippen LogP contribution is -2.46. The topological polar surface area (TPSA) is 141 Å². The first-order valence-electron chi connectivity index (χ1n) is 11.2. The number of carbonyl (C=O) groups excluding carboxylic acids is 5. The lowest BCUT2D eigenvalue weighted by Gasteiger charge is -2.28. The van der Waals surface area contributed by atoms with E-state index in [0.29, 0.717) is 6.42 Å². The van der Waals surface area contributed by atoms with Gasteiger partial charge in [-0.3, -0.25) is 33.9 Å². The maximum atomic E-state index is 13.1. The molecule has 2 aromatic carbocycles. The molecule has 0 aliphatic carbocycles. The van der Waals surface area contributed by atoms with Gasteiger partial charge in [0.1, 0.15) is 6.54 Å². The molecule has 12 heteroatoms. The van der Waals surface area contributed by atoms with Crippen LogP contribution in [0.5, 0.6) is 0 Å². The molecule has 2 aromatic rings. The number of fused-ring (bicyclic) bond motifs is 1. The van der Waals surface area contributed by atoms with Gasteiger partial charge in [0, 0.05) is 32.3 Å². The molecule has 0 saturated carbocycles. The number of rotatable bonds is 7. The average Bonchev–Trinajstić information content (AvgIpc) is 3.43. The molecule has 0 atom stereocenters. The predicted molar refractivity (Wildman–Crippen MR) is 126 cm³/mol. The molecule has 2 heterocycles. The third-order valence-electron chi connectivity index (χ3n) is 5.91. The Bertz CT molecular complexity index is 1340. The second kappa shape index (κ2) is 9.90. The molecular formula is C24H24N4O7S. The van der Waals surface area contributed by atoms with E-state index in [1.807, 2.05) is 0 Å². The van der Waals surface area contributed by atoms with Gasteiger partial charge in [0.15, 0.2) is 9.84 Å². The largest absolute Gasteiger partial charge is 0.354 e. The highest BCUT2D eigenvalue weighted by molar-refractivity contribution is 7.90. The molecular weight excluding hydrogens is 488 g/mol. The maximum Gasteiger partial charge on any atom is 0.273 e. The highest BCUT2D eigenvalue weighted by atomic mass is 32.2.